The van der Waals surface area contributed by atoms with Gasteiger partial charge in [-0.2, -0.15) is 5.10 Å². The van der Waals surface area contributed by atoms with E-state index in [1.54, 1.807) is 30.3 Å². The molecule has 4 rings (SSSR count). The lowest BCUT2D eigenvalue weighted by Crippen LogP contribution is -2.13. The molecule has 4 aromatic rings. The van der Waals surface area contributed by atoms with Crippen molar-refractivity contribution in [3.8, 4) is 17.2 Å². The molecule has 3 aromatic carbocycles. The highest BCUT2D eigenvalue weighted by Gasteiger charge is 2.19. The quantitative estimate of drug-likeness (QED) is 0.367. The topological polar surface area (TPSA) is 112 Å². The molecule has 0 saturated carbocycles. The fraction of sp³-hybridized carbons (Fsp3) is 0. The first-order chi connectivity index (χ1) is 15.0. The molecule has 0 aliphatic carbocycles. The van der Waals surface area contributed by atoms with Crippen LogP contribution in [0, 0.1) is 15.9 Å². The molecule has 0 bridgehead atoms. The third-order valence-corrected chi connectivity index (χ3v) is 4.24. The minimum atomic E-state index is -0.591. The molecule has 154 valence electrons. The van der Waals surface area contributed by atoms with Crippen molar-refractivity contribution in [2.75, 3.05) is 5.32 Å². The Kier molecular flexibility index (Phi) is 5.35. The maximum Gasteiger partial charge on any atom is 0.295 e. The van der Waals surface area contributed by atoms with Crippen LogP contribution in [0.25, 0.3) is 5.69 Å². The van der Waals surface area contributed by atoms with E-state index in [0.717, 1.165) is 0 Å². The zero-order valence-corrected chi connectivity index (χ0v) is 15.8. The summed E-state index contributed by atoms with van der Waals surface area (Å²) < 4.78 is 20.0. The van der Waals surface area contributed by atoms with Crippen LogP contribution in [0.1, 0.15) is 10.4 Å². The van der Waals surface area contributed by atoms with Crippen LogP contribution in [0.3, 0.4) is 0 Å². The molecule has 0 saturated heterocycles. The molecule has 1 heterocycles. The van der Waals surface area contributed by atoms with Gasteiger partial charge in [0.25, 0.3) is 11.6 Å². The summed E-state index contributed by atoms with van der Waals surface area (Å²) in [5.74, 6) is -0.134. The number of nitro groups is 1. The van der Waals surface area contributed by atoms with Crippen LogP contribution in [-0.2, 0) is 0 Å². The van der Waals surface area contributed by atoms with Crippen LogP contribution >= 0.6 is 0 Å². The summed E-state index contributed by atoms with van der Waals surface area (Å²) in [6.07, 6.45) is 2.58. The zero-order chi connectivity index (χ0) is 21.8. The van der Waals surface area contributed by atoms with Crippen molar-refractivity contribution in [3.63, 3.8) is 0 Å². The number of ether oxygens (including phenoxy) is 1. The summed E-state index contributed by atoms with van der Waals surface area (Å²) in [7, 11) is 0. The van der Waals surface area contributed by atoms with E-state index in [1.165, 1.54) is 53.7 Å². The molecule has 0 atom stereocenters. The lowest BCUT2D eigenvalue weighted by Gasteiger charge is -2.09. The van der Waals surface area contributed by atoms with Crippen LogP contribution in [0.2, 0.25) is 0 Å². The predicted octanol–water partition coefficient (Wildman–Crippen LogP) is 4.36. The lowest BCUT2D eigenvalue weighted by atomic mass is 10.1. The number of carbonyl (C=O) groups excluding carboxylic acids is 1. The second-order valence-electron chi connectivity index (χ2n) is 6.34. The summed E-state index contributed by atoms with van der Waals surface area (Å²) in [6, 6.07) is 16.2. The van der Waals surface area contributed by atoms with Crippen molar-refractivity contribution < 1.29 is 18.8 Å². The molecule has 0 radical (unpaired) electrons. The summed E-state index contributed by atoms with van der Waals surface area (Å²) >= 11 is 0. The summed E-state index contributed by atoms with van der Waals surface area (Å²) in [5.41, 5.74) is 0.477. The fourth-order valence-electron chi connectivity index (χ4n) is 2.81. The Bertz CT molecular complexity index is 1240. The number of hydrogen-bond donors (Lipinski definition) is 1. The van der Waals surface area contributed by atoms with Gasteiger partial charge in [0.05, 0.1) is 4.92 Å². The number of rotatable bonds is 6. The van der Waals surface area contributed by atoms with Gasteiger partial charge in [-0.3, -0.25) is 14.9 Å². The molecule has 10 heteroatoms. The average molecular weight is 419 g/mol. The van der Waals surface area contributed by atoms with E-state index in [1.807, 2.05) is 0 Å². The van der Waals surface area contributed by atoms with E-state index in [2.05, 4.69) is 15.4 Å². The Morgan fingerprint density at radius 2 is 1.87 bits per heavy atom. The number of nitro benzene ring substituents is 1. The molecule has 0 unspecified atom stereocenters. The molecule has 0 aliphatic rings. The van der Waals surface area contributed by atoms with Crippen molar-refractivity contribution in [1.82, 2.24) is 14.8 Å². The second-order valence-corrected chi connectivity index (χ2v) is 6.34. The van der Waals surface area contributed by atoms with Crippen LogP contribution < -0.4 is 10.1 Å². The van der Waals surface area contributed by atoms with E-state index in [-0.39, 0.29) is 16.9 Å². The molecule has 0 fully saturated rings. The smallest absolute Gasteiger partial charge is 0.295 e. The van der Waals surface area contributed by atoms with Gasteiger partial charge in [-0.15, -0.1) is 0 Å². The maximum atomic E-state index is 13.2. The number of hydrogen-bond acceptors (Lipinski definition) is 6. The summed E-state index contributed by atoms with van der Waals surface area (Å²) in [4.78, 5) is 27.2. The first-order valence-corrected chi connectivity index (χ1v) is 8.98. The van der Waals surface area contributed by atoms with Gasteiger partial charge < -0.3 is 10.1 Å². The van der Waals surface area contributed by atoms with E-state index in [4.69, 9.17) is 4.74 Å². The Labute approximate surface area is 174 Å². The molecule has 9 nitrogen and oxygen atoms in total. The zero-order valence-electron chi connectivity index (χ0n) is 15.8. The number of anilines is 1. The third-order valence-electron chi connectivity index (χ3n) is 4.24. The Hall–Kier alpha value is -4.60. The van der Waals surface area contributed by atoms with E-state index in [0.29, 0.717) is 17.2 Å². The van der Waals surface area contributed by atoms with Crippen molar-refractivity contribution in [2.45, 2.75) is 0 Å². The van der Waals surface area contributed by atoms with Gasteiger partial charge in [0.1, 0.15) is 35.7 Å². The van der Waals surface area contributed by atoms with Gasteiger partial charge in [0.2, 0.25) is 0 Å². The number of nitrogens with zero attached hydrogens (tertiary/aromatic N) is 4. The Morgan fingerprint density at radius 1 is 1.06 bits per heavy atom. The van der Waals surface area contributed by atoms with Gasteiger partial charge >= 0.3 is 0 Å². The number of aromatic nitrogens is 3. The second kappa shape index (κ2) is 8.41. The monoisotopic (exact) mass is 419 g/mol. The lowest BCUT2D eigenvalue weighted by molar-refractivity contribution is -0.384. The molecular formula is C21H14FN5O4. The Morgan fingerprint density at radius 3 is 2.55 bits per heavy atom. The van der Waals surface area contributed by atoms with E-state index < -0.39 is 16.6 Å². The highest BCUT2D eigenvalue weighted by Crippen LogP contribution is 2.26. The highest BCUT2D eigenvalue weighted by atomic mass is 19.1. The summed E-state index contributed by atoms with van der Waals surface area (Å²) in [5, 5.41) is 18.0. The first kappa shape index (κ1) is 19.7. The number of halogens is 1. The minimum Gasteiger partial charge on any atom is -0.457 e. The molecular weight excluding hydrogens is 405 g/mol. The average Bonchev–Trinajstić information content (AvgIpc) is 3.29. The largest absolute Gasteiger partial charge is 0.457 e. The third kappa shape index (κ3) is 4.53. The fourth-order valence-corrected chi connectivity index (χ4v) is 2.81. The van der Waals surface area contributed by atoms with Crippen molar-refractivity contribution in [3.05, 3.63) is 101 Å². The number of nitrogens with one attached hydrogen (secondary N) is 1. The van der Waals surface area contributed by atoms with E-state index >= 15 is 0 Å². The van der Waals surface area contributed by atoms with Gasteiger partial charge in [-0.05, 0) is 48.5 Å². The number of benzene rings is 3. The molecule has 31 heavy (non-hydrogen) atoms. The number of carbonyl (C=O) groups is 1. The van der Waals surface area contributed by atoms with Crippen LogP contribution in [0.4, 0.5) is 15.8 Å². The van der Waals surface area contributed by atoms with Crippen LogP contribution in [0.5, 0.6) is 11.5 Å². The standard InChI is InChI=1S/C21H14FN5O4/c22-15-2-1-3-18(11-15)31-17-7-5-16(6-8-17)25-21(28)14-4-9-19(20(10-14)27(29)30)26-13-23-12-24-26/h1-13H,(H,25,28). The van der Waals surface area contributed by atoms with Gasteiger partial charge in [0, 0.05) is 23.4 Å². The molecule has 1 N–H and O–H groups in total. The molecule has 1 aromatic heterocycles. The molecule has 0 spiro atoms. The van der Waals surface area contributed by atoms with Crippen LogP contribution in [0.15, 0.2) is 79.4 Å². The van der Waals surface area contributed by atoms with Crippen molar-refractivity contribution >= 4 is 17.3 Å². The SMILES string of the molecule is O=C(Nc1ccc(Oc2cccc(F)c2)cc1)c1ccc(-n2cncn2)c([N+](=O)[O-])c1. The van der Waals surface area contributed by atoms with Crippen LogP contribution in [-0.4, -0.2) is 25.6 Å². The molecule has 0 aliphatic heterocycles. The maximum absolute atomic E-state index is 13.2. The van der Waals surface area contributed by atoms with Crippen molar-refractivity contribution in [1.29, 1.82) is 0 Å². The molecule has 1 amide bonds. The normalized spacial score (nSPS) is 10.5. The first-order valence-electron chi connectivity index (χ1n) is 8.98. The van der Waals surface area contributed by atoms with Gasteiger partial charge in [-0.25, -0.2) is 14.1 Å². The Balaban J connectivity index is 1.49. The van der Waals surface area contributed by atoms with Gasteiger partial charge in [-0.1, -0.05) is 6.07 Å². The van der Waals surface area contributed by atoms with Crippen molar-refractivity contribution in [2.24, 2.45) is 0 Å². The predicted molar refractivity (Wildman–Crippen MR) is 109 cm³/mol. The van der Waals surface area contributed by atoms with Gasteiger partial charge in [0.15, 0.2) is 0 Å². The number of amides is 1. The van der Waals surface area contributed by atoms with E-state index in [9.17, 15) is 19.3 Å². The minimum absolute atomic E-state index is 0.107. The summed E-state index contributed by atoms with van der Waals surface area (Å²) in [6.45, 7) is 0. The highest BCUT2D eigenvalue weighted by molar-refractivity contribution is 6.04.